The molecule has 29 heavy (non-hydrogen) atoms. The molecule has 0 aliphatic carbocycles. The molecule has 6 nitrogen and oxygen atoms in total. The van der Waals surface area contributed by atoms with Gasteiger partial charge in [-0.25, -0.2) is 9.37 Å². The van der Waals surface area contributed by atoms with Crippen LogP contribution < -0.4 is 10.6 Å². The number of anilines is 2. The lowest BCUT2D eigenvalue weighted by molar-refractivity contribution is 0.101. The number of rotatable bonds is 4. The molecule has 0 aliphatic heterocycles. The number of aromatic nitrogens is 2. The van der Waals surface area contributed by atoms with E-state index in [9.17, 15) is 14.0 Å². The quantitative estimate of drug-likeness (QED) is 0.548. The maximum absolute atomic E-state index is 13.4. The number of imidazole rings is 1. The number of halogens is 1. The number of benzene rings is 2. The van der Waals surface area contributed by atoms with E-state index in [0.29, 0.717) is 16.9 Å². The van der Waals surface area contributed by atoms with Gasteiger partial charge >= 0.3 is 0 Å². The first-order chi connectivity index (χ1) is 14.0. The van der Waals surface area contributed by atoms with Crippen molar-refractivity contribution in [1.29, 1.82) is 0 Å². The summed E-state index contributed by atoms with van der Waals surface area (Å²) in [5.74, 6) is -1.36. The van der Waals surface area contributed by atoms with Crippen LogP contribution in [0, 0.1) is 12.7 Å². The van der Waals surface area contributed by atoms with Crippen LogP contribution in [0.25, 0.3) is 5.52 Å². The van der Waals surface area contributed by atoms with E-state index in [-0.39, 0.29) is 11.5 Å². The van der Waals surface area contributed by atoms with Gasteiger partial charge in [-0.3, -0.25) is 14.0 Å². The highest BCUT2D eigenvalue weighted by molar-refractivity contribution is 6.10. The van der Waals surface area contributed by atoms with Gasteiger partial charge in [-0.1, -0.05) is 30.3 Å². The van der Waals surface area contributed by atoms with E-state index in [1.807, 2.05) is 25.1 Å². The Balaban J connectivity index is 1.69. The lowest BCUT2D eigenvalue weighted by Gasteiger charge is -2.07. The molecule has 0 saturated heterocycles. The van der Waals surface area contributed by atoms with Crippen molar-refractivity contribution in [3.63, 3.8) is 0 Å². The van der Waals surface area contributed by atoms with E-state index in [4.69, 9.17) is 0 Å². The number of aryl methyl sites for hydroxylation is 1. The van der Waals surface area contributed by atoms with Crippen molar-refractivity contribution in [3.8, 4) is 0 Å². The van der Waals surface area contributed by atoms with Gasteiger partial charge in [0.2, 0.25) is 5.82 Å². The van der Waals surface area contributed by atoms with E-state index < -0.39 is 17.6 Å². The average molecular weight is 388 g/mol. The van der Waals surface area contributed by atoms with Crippen LogP contribution in [-0.4, -0.2) is 21.2 Å². The molecule has 2 aromatic carbocycles. The third kappa shape index (κ3) is 3.70. The van der Waals surface area contributed by atoms with Gasteiger partial charge in [-0.2, -0.15) is 0 Å². The molecular weight excluding hydrogens is 371 g/mol. The lowest BCUT2D eigenvalue weighted by Crippen LogP contribution is -2.17. The standard InChI is InChI=1S/C22H17FN4O2/c1-14-7-2-3-10-17(14)25-22(29)20-26-19(18-11-4-5-12-27(18)20)21(28)24-16-9-6-8-15(23)13-16/h2-13H,1H3,(H,24,28)(H,25,29). The number of amides is 2. The maximum atomic E-state index is 13.4. The minimum absolute atomic E-state index is 0.0739. The Hall–Kier alpha value is -4.00. The van der Waals surface area contributed by atoms with Crippen LogP contribution in [-0.2, 0) is 0 Å². The number of para-hydroxylation sites is 1. The van der Waals surface area contributed by atoms with Crippen LogP contribution in [0.2, 0.25) is 0 Å². The van der Waals surface area contributed by atoms with Crippen molar-refractivity contribution in [2.45, 2.75) is 6.92 Å². The zero-order valence-electron chi connectivity index (χ0n) is 15.5. The number of hydrogen-bond acceptors (Lipinski definition) is 3. The van der Waals surface area contributed by atoms with Crippen molar-refractivity contribution >= 4 is 28.7 Å². The molecule has 0 fully saturated rings. The van der Waals surface area contributed by atoms with E-state index in [1.54, 1.807) is 40.9 Å². The molecule has 0 spiro atoms. The van der Waals surface area contributed by atoms with Crippen LogP contribution in [0.5, 0.6) is 0 Å². The topological polar surface area (TPSA) is 75.5 Å². The number of carbonyl (C=O) groups excluding carboxylic acids is 2. The molecule has 7 heteroatoms. The smallest absolute Gasteiger partial charge is 0.292 e. The largest absolute Gasteiger partial charge is 0.320 e. The maximum Gasteiger partial charge on any atom is 0.292 e. The van der Waals surface area contributed by atoms with Crippen LogP contribution in [0.15, 0.2) is 72.9 Å². The highest BCUT2D eigenvalue weighted by Crippen LogP contribution is 2.19. The monoisotopic (exact) mass is 388 g/mol. The van der Waals surface area contributed by atoms with E-state index in [0.717, 1.165) is 5.56 Å². The van der Waals surface area contributed by atoms with Gasteiger partial charge in [0, 0.05) is 17.6 Å². The van der Waals surface area contributed by atoms with E-state index in [1.165, 1.54) is 18.2 Å². The van der Waals surface area contributed by atoms with Crippen molar-refractivity contribution in [2.75, 3.05) is 10.6 Å². The Bertz CT molecular complexity index is 1230. The zero-order chi connectivity index (χ0) is 20.4. The Morgan fingerprint density at radius 3 is 2.52 bits per heavy atom. The molecule has 0 atom stereocenters. The van der Waals surface area contributed by atoms with E-state index in [2.05, 4.69) is 15.6 Å². The molecule has 144 valence electrons. The second-order valence-electron chi connectivity index (χ2n) is 6.47. The fraction of sp³-hybridized carbons (Fsp3) is 0.0455. The van der Waals surface area contributed by atoms with Gasteiger partial charge in [-0.15, -0.1) is 0 Å². The molecule has 2 amide bonds. The second kappa shape index (κ2) is 7.55. The van der Waals surface area contributed by atoms with Gasteiger partial charge in [0.15, 0.2) is 5.69 Å². The molecule has 0 saturated carbocycles. The predicted octanol–water partition coefficient (Wildman–Crippen LogP) is 4.29. The van der Waals surface area contributed by atoms with Crippen molar-refractivity contribution in [2.24, 2.45) is 0 Å². The molecule has 0 unspecified atom stereocenters. The number of fused-ring (bicyclic) bond motifs is 1. The summed E-state index contributed by atoms with van der Waals surface area (Å²) in [6, 6.07) is 18.1. The van der Waals surface area contributed by atoms with Crippen molar-refractivity contribution < 1.29 is 14.0 Å². The number of pyridine rings is 1. The van der Waals surface area contributed by atoms with Gasteiger partial charge in [0.05, 0.1) is 5.52 Å². The summed E-state index contributed by atoms with van der Waals surface area (Å²) in [6.45, 7) is 1.89. The summed E-state index contributed by atoms with van der Waals surface area (Å²) in [5.41, 5.74) is 2.42. The van der Waals surface area contributed by atoms with Gasteiger partial charge in [0.1, 0.15) is 5.82 Å². The summed E-state index contributed by atoms with van der Waals surface area (Å²) >= 11 is 0. The summed E-state index contributed by atoms with van der Waals surface area (Å²) in [4.78, 5) is 29.9. The molecule has 2 heterocycles. The molecule has 2 N–H and O–H groups in total. The summed E-state index contributed by atoms with van der Waals surface area (Å²) in [5, 5.41) is 5.44. The second-order valence-corrected chi connectivity index (χ2v) is 6.47. The third-order valence-electron chi connectivity index (χ3n) is 4.44. The molecule has 0 aliphatic rings. The molecule has 0 bridgehead atoms. The van der Waals surface area contributed by atoms with Crippen LogP contribution in [0.3, 0.4) is 0 Å². The number of hydrogen-bond donors (Lipinski definition) is 2. The first-order valence-electron chi connectivity index (χ1n) is 8.94. The highest BCUT2D eigenvalue weighted by atomic mass is 19.1. The van der Waals surface area contributed by atoms with Gasteiger partial charge in [-0.05, 0) is 48.9 Å². The van der Waals surface area contributed by atoms with Crippen molar-refractivity contribution in [3.05, 3.63) is 95.8 Å². The SMILES string of the molecule is Cc1ccccc1NC(=O)c1nc(C(=O)Nc2cccc(F)c2)c2ccccn12. The Labute approximate surface area is 166 Å². The molecule has 4 aromatic rings. The first kappa shape index (κ1) is 18.4. The lowest BCUT2D eigenvalue weighted by atomic mass is 10.2. The van der Waals surface area contributed by atoms with Crippen LogP contribution in [0.4, 0.5) is 15.8 Å². The van der Waals surface area contributed by atoms with Gasteiger partial charge in [0.25, 0.3) is 11.8 Å². The minimum Gasteiger partial charge on any atom is -0.320 e. The molecule has 2 aromatic heterocycles. The molecule has 4 rings (SSSR count). The fourth-order valence-electron chi connectivity index (χ4n) is 3.01. The Morgan fingerprint density at radius 2 is 1.72 bits per heavy atom. The van der Waals surface area contributed by atoms with E-state index >= 15 is 0 Å². The van der Waals surface area contributed by atoms with Crippen LogP contribution in [0.1, 0.15) is 26.7 Å². The number of carbonyl (C=O) groups is 2. The zero-order valence-corrected chi connectivity index (χ0v) is 15.5. The first-order valence-corrected chi connectivity index (χ1v) is 8.94. The normalized spacial score (nSPS) is 10.7. The average Bonchev–Trinajstić information content (AvgIpc) is 3.10. The summed E-state index contributed by atoms with van der Waals surface area (Å²) in [6.07, 6.45) is 1.66. The van der Waals surface area contributed by atoms with Crippen LogP contribution >= 0.6 is 0 Å². The number of nitrogens with one attached hydrogen (secondary N) is 2. The Morgan fingerprint density at radius 1 is 0.931 bits per heavy atom. The molecule has 0 radical (unpaired) electrons. The summed E-state index contributed by atoms with van der Waals surface area (Å²) < 4.78 is 14.9. The number of nitrogens with zero attached hydrogens (tertiary/aromatic N) is 2. The molecular formula is C22H17FN4O2. The summed E-state index contributed by atoms with van der Waals surface area (Å²) in [7, 11) is 0. The van der Waals surface area contributed by atoms with Gasteiger partial charge < -0.3 is 10.6 Å². The Kier molecular flexibility index (Phi) is 4.78. The highest BCUT2D eigenvalue weighted by Gasteiger charge is 2.22. The predicted molar refractivity (Wildman–Crippen MR) is 109 cm³/mol. The van der Waals surface area contributed by atoms with Crippen molar-refractivity contribution in [1.82, 2.24) is 9.38 Å². The minimum atomic E-state index is -0.533. The fourth-order valence-corrected chi connectivity index (χ4v) is 3.01. The third-order valence-corrected chi connectivity index (χ3v) is 4.44.